The van der Waals surface area contributed by atoms with E-state index in [4.69, 9.17) is 9.47 Å². The molecule has 0 aliphatic heterocycles. The molecule has 0 saturated heterocycles. The SMILES string of the molecule is COC(CNc1ncc(-c2ccncc2)cc1C#N)OC. The van der Waals surface area contributed by atoms with Gasteiger partial charge in [-0.15, -0.1) is 0 Å². The van der Waals surface area contributed by atoms with Gasteiger partial charge >= 0.3 is 0 Å². The van der Waals surface area contributed by atoms with Gasteiger partial charge in [0.1, 0.15) is 11.9 Å². The Kier molecular flexibility index (Phi) is 5.21. The van der Waals surface area contributed by atoms with Gasteiger partial charge in [0.15, 0.2) is 6.29 Å². The van der Waals surface area contributed by atoms with Gasteiger partial charge in [0.05, 0.1) is 12.1 Å². The fourth-order valence-corrected chi connectivity index (χ4v) is 1.84. The van der Waals surface area contributed by atoms with E-state index in [1.165, 1.54) is 0 Å². The summed E-state index contributed by atoms with van der Waals surface area (Å²) in [7, 11) is 3.11. The highest BCUT2D eigenvalue weighted by Crippen LogP contribution is 2.22. The number of hydrogen-bond acceptors (Lipinski definition) is 6. The average molecular weight is 284 g/mol. The van der Waals surface area contributed by atoms with E-state index in [9.17, 15) is 5.26 Å². The van der Waals surface area contributed by atoms with Crippen molar-refractivity contribution < 1.29 is 9.47 Å². The summed E-state index contributed by atoms with van der Waals surface area (Å²) < 4.78 is 10.2. The predicted octanol–water partition coefficient (Wildman–Crippen LogP) is 2.05. The highest BCUT2D eigenvalue weighted by molar-refractivity contribution is 5.67. The number of anilines is 1. The van der Waals surface area contributed by atoms with Crippen molar-refractivity contribution in [3.8, 4) is 17.2 Å². The van der Waals surface area contributed by atoms with E-state index in [0.717, 1.165) is 11.1 Å². The number of nitrogens with zero attached hydrogens (tertiary/aromatic N) is 3. The van der Waals surface area contributed by atoms with Crippen molar-refractivity contribution >= 4 is 5.82 Å². The molecule has 2 aromatic rings. The van der Waals surface area contributed by atoms with Gasteiger partial charge in [0, 0.05) is 38.4 Å². The summed E-state index contributed by atoms with van der Waals surface area (Å²) in [5.41, 5.74) is 2.30. The van der Waals surface area contributed by atoms with Crippen LogP contribution in [0.25, 0.3) is 11.1 Å². The molecular formula is C15H16N4O2. The van der Waals surface area contributed by atoms with Crippen LogP contribution in [0.15, 0.2) is 36.8 Å². The van der Waals surface area contributed by atoms with Crippen LogP contribution >= 0.6 is 0 Å². The molecule has 2 aromatic heterocycles. The zero-order valence-corrected chi connectivity index (χ0v) is 11.9. The number of aromatic nitrogens is 2. The molecule has 0 aliphatic rings. The van der Waals surface area contributed by atoms with Gasteiger partial charge in [0.25, 0.3) is 0 Å². The lowest BCUT2D eigenvalue weighted by atomic mass is 10.1. The molecule has 1 N–H and O–H groups in total. The van der Waals surface area contributed by atoms with Crippen molar-refractivity contribution in [2.24, 2.45) is 0 Å². The second kappa shape index (κ2) is 7.33. The molecule has 108 valence electrons. The molecule has 6 nitrogen and oxygen atoms in total. The van der Waals surface area contributed by atoms with Gasteiger partial charge in [-0.3, -0.25) is 4.98 Å². The van der Waals surface area contributed by atoms with E-state index in [0.29, 0.717) is 17.9 Å². The summed E-state index contributed by atoms with van der Waals surface area (Å²) in [6.45, 7) is 0.406. The van der Waals surface area contributed by atoms with Crippen LogP contribution in [0, 0.1) is 11.3 Å². The first-order valence-electron chi connectivity index (χ1n) is 6.38. The zero-order chi connectivity index (χ0) is 15.1. The number of methoxy groups -OCH3 is 2. The van der Waals surface area contributed by atoms with Gasteiger partial charge < -0.3 is 14.8 Å². The van der Waals surface area contributed by atoms with Gasteiger partial charge in [-0.1, -0.05) is 0 Å². The lowest BCUT2D eigenvalue weighted by Gasteiger charge is -2.15. The number of hydrogen-bond donors (Lipinski definition) is 1. The fraction of sp³-hybridized carbons (Fsp3) is 0.267. The fourth-order valence-electron chi connectivity index (χ4n) is 1.84. The van der Waals surface area contributed by atoms with Gasteiger partial charge in [-0.2, -0.15) is 5.26 Å². The average Bonchev–Trinajstić information content (AvgIpc) is 2.56. The molecule has 0 atom stereocenters. The largest absolute Gasteiger partial charge is 0.364 e. The highest BCUT2D eigenvalue weighted by atomic mass is 16.7. The molecule has 0 fully saturated rings. The van der Waals surface area contributed by atoms with Crippen molar-refractivity contribution in [2.45, 2.75) is 6.29 Å². The van der Waals surface area contributed by atoms with Crippen molar-refractivity contribution in [2.75, 3.05) is 26.1 Å². The molecule has 2 heterocycles. The van der Waals surface area contributed by atoms with Gasteiger partial charge in [0.2, 0.25) is 0 Å². The molecular weight excluding hydrogens is 268 g/mol. The van der Waals surface area contributed by atoms with Crippen LogP contribution in [0.2, 0.25) is 0 Å². The minimum Gasteiger partial charge on any atom is -0.364 e. The minimum absolute atomic E-state index is 0.391. The van der Waals surface area contributed by atoms with Crippen LogP contribution in [0.5, 0.6) is 0 Å². The van der Waals surface area contributed by atoms with Crippen LogP contribution in [0.1, 0.15) is 5.56 Å². The Morgan fingerprint density at radius 2 is 1.95 bits per heavy atom. The van der Waals surface area contributed by atoms with Crippen LogP contribution in [0.3, 0.4) is 0 Å². The Morgan fingerprint density at radius 1 is 1.24 bits per heavy atom. The summed E-state index contributed by atoms with van der Waals surface area (Å²) >= 11 is 0. The first kappa shape index (κ1) is 14.9. The molecule has 0 bridgehead atoms. The standard InChI is InChI=1S/C15H16N4O2/c1-20-14(21-2)10-19-15-12(8-16)7-13(9-18-15)11-3-5-17-6-4-11/h3-7,9,14H,10H2,1-2H3,(H,18,19). The lowest BCUT2D eigenvalue weighted by Crippen LogP contribution is -2.24. The maximum Gasteiger partial charge on any atom is 0.173 e. The molecule has 2 rings (SSSR count). The van der Waals surface area contributed by atoms with Crippen molar-refractivity contribution in [3.63, 3.8) is 0 Å². The Bertz CT molecular complexity index is 621. The second-order valence-electron chi connectivity index (χ2n) is 4.25. The minimum atomic E-state index is -0.391. The number of nitriles is 1. The summed E-state index contributed by atoms with van der Waals surface area (Å²) in [5.74, 6) is 0.509. The molecule has 0 saturated carbocycles. The van der Waals surface area contributed by atoms with E-state index in [2.05, 4.69) is 21.4 Å². The Hall–Kier alpha value is -2.49. The number of pyridine rings is 2. The molecule has 0 unspecified atom stereocenters. The summed E-state index contributed by atoms with van der Waals surface area (Å²) in [6.07, 6.45) is 4.73. The first-order chi connectivity index (χ1) is 10.3. The quantitative estimate of drug-likeness (QED) is 0.818. The smallest absolute Gasteiger partial charge is 0.173 e. The molecule has 0 aliphatic carbocycles. The summed E-state index contributed by atoms with van der Waals surface area (Å²) in [4.78, 5) is 8.27. The monoisotopic (exact) mass is 284 g/mol. The number of nitrogens with one attached hydrogen (secondary N) is 1. The lowest BCUT2D eigenvalue weighted by molar-refractivity contribution is -0.0914. The third-order valence-electron chi connectivity index (χ3n) is 2.98. The Balaban J connectivity index is 2.20. The molecule has 0 spiro atoms. The van der Waals surface area contributed by atoms with Crippen LogP contribution < -0.4 is 5.32 Å². The normalized spacial score (nSPS) is 10.4. The Morgan fingerprint density at radius 3 is 2.57 bits per heavy atom. The third kappa shape index (κ3) is 3.75. The molecule has 0 radical (unpaired) electrons. The van der Waals surface area contributed by atoms with Crippen LogP contribution in [-0.2, 0) is 9.47 Å². The molecule has 0 aromatic carbocycles. The third-order valence-corrected chi connectivity index (χ3v) is 2.98. The molecule has 0 amide bonds. The van der Waals surface area contributed by atoms with Crippen molar-refractivity contribution in [1.29, 1.82) is 5.26 Å². The number of rotatable bonds is 6. The molecule has 6 heteroatoms. The van der Waals surface area contributed by atoms with E-state index in [1.807, 2.05) is 12.1 Å². The van der Waals surface area contributed by atoms with Gasteiger partial charge in [-0.25, -0.2) is 4.98 Å². The van der Waals surface area contributed by atoms with E-state index >= 15 is 0 Å². The maximum atomic E-state index is 9.26. The second-order valence-corrected chi connectivity index (χ2v) is 4.25. The maximum absolute atomic E-state index is 9.26. The van der Waals surface area contributed by atoms with E-state index in [1.54, 1.807) is 38.9 Å². The Labute approximate surface area is 123 Å². The van der Waals surface area contributed by atoms with Gasteiger partial charge in [-0.05, 0) is 23.8 Å². The zero-order valence-electron chi connectivity index (χ0n) is 11.9. The summed E-state index contributed by atoms with van der Waals surface area (Å²) in [5, 5.41) is 12.3. The summed E-state index contributed by atoms with van der Waals surface area (Å²) in [6, 6.07) is 7.68. The van der Waals surface area contributed by atoms with Crippen LogP contribution in [-0.4, -0.2) is 37.0 Å². The van der Waals surface area contributed by atoms with Crippen molar-refractivity contribution in [1.82, 2.24) is 9.97 Å². The van der Waals surface area contributed by atoms with Crippen molar-refractivity contribution in [3.05, 3.63) is 42.4 Å². The highest BCUT2D eigenvalue weighted by Gasteiger charge is 2.09. The molecule has 21 heavy (non-hydrogen) atoms. The van der Waals surface area contributed by atoms with E-state index in [-0.39, 0.29) is 0 Å². The van der Waals surface area contributed by atoms with E-state index < -0.39 is 6.29 Å². The predicted molar refractivity (Wildman–Crippen MR) is 78.5 cm³/mol. The first-order valence-corrected chi connectivity index (χ1v) is 6.38. The number of ether oxygens (including phenoxy) is 2. The topological polar surface area (TPSA) is 80.1 Å². The van der Waals surface area contributed by atoms with Crippen LogP contribution in [0.4, 0.5) is 5.82 Å².